The molecule has 134 valence electrons. The molecule has 6 heteroatoms. The van der Waals surface area contributed by atoms with E-state index in [0.717, 1.165) is 54.6 Å². The fourth-order valence-electron chi connectivity index (χ4n) is 3.67. The standard InChI is InChI=1S/C20H23N5O/c21-20(26)15-4-1-3-14(9-15)12-25-8-2-5-18(13-25)23-17-6-7-19-16(10-17)11-22-24-19/h1,3-4,6-7,9-11,18,23H,2,5,8,12-13H2,(H2,21,26)(H,22,24)/t18-/m0/s1. The van der Waals surface area contributed by atoms with Crippen molar-refractivity contribution in [3.05, 3.63) is 59.8 Å². The smallest absolute Gasteiger partial charge is 0.248 e. The molecular weight excluding hydrogens is 326 g/mol. The Labute approximate surface area is 152 Å². The van der Waals surface area contributed by atoms with Crippen molar-refractivity contribution in [1.29, 1.82) is 0 Å². The van der Waals surface area contributed by atoms with Crippen molar-refractivity contribution >= 4 is 22.5 Å². The number of hydrogen-bond donors (Lipinski definition) is 3. The zero-order valence-corrected chi connectivity index (χ0v) is 14.6. The maximum absolute atomic E-state index is 11.4. The molecule has 4 N–H and O–H groups in total. The molecule has 1 saturated heterocycles. The summed E-state index contributed by atoms with van der Waals surface area (Å²) in [5.41, 5.74) is 9.26. The van der Waals surface area contributed by atoms with Gasteiger partial charge >= 0.3 is 0 Å². The number of primary amides is 1. The Morgan fingerprint density at radius 2 is 2.23 bits per heavy atom. The summed E-state index contributed by atoms with van der Waals surface area (Å²) in [6.45, 7) is 2.88. The number of likely N-dealkylation sites (tertiary alicyclic amines) is 1. The summed E-state index contributed by atoms with van der Waals surface area (Å²) in [6.07, 6.45) is 4.15. The molecule has 2 aromatic carbocycles. The lowest BCUT2D eigenvalue weighted by molar-refractivity contribution is 0.1000. The number of hydrogen-bond acceptors (Lipinski definition) is 4. The second-order valence-electron chi connectivity index (χ2n) is 6.96. The van der Waals surface area contributed by atoms with Crippen LogP contribution >= 0.6 is 0 Å². The second-order valence-corrected chi connectivity index (χ2v) is 6.96. The van der Waals surface area contributed by atoms with Crippen LogP contribution in [0.4, 0.5) is 5.69 Å². The van der Waals surface area contributed by atoms with Gasteiger partial charge in [-0.15, -0.1) is 0 Å². The summed E-state index contributed by atoms with van der Waals surface area (Å²) in [5, 5.41) is 11.8. The van der Waals surface area contributed by atoms with Crippen LogP contribution in [-0.4, -0.2) is 40.1 Å². The van der Waals surface area contributed by atoms with Crippen molar-refractivity contribution in [2.75, 3.05) is 18.4 Å². The molecule has 1 atom stereocenters. The summed E-state index contributed by atoms with van der Waals surface area (Å²) in [7, 11) is 0. The van der Waals surface area contributed by atoms with Gasteiger partial charge in [0.05, 0.1) is 11.7 Å². The third-order valence-corrected chi connectivity index (χ3v) is 4.93. The second kappa shape index (κ2) is 7.17. The maximum Gasteiger partial charge on any atom is 0.248 e. The van der Waals surface area contributed by atoms with E-state index in [1.54, 1.807) is 6.07 Å². The highest BCUT2D eigenvalue weighted by molar-refractivity contribution is 5.92. The van der Waals surface area contributed by atoms with E-state index in [0.29, 0.717) is 11.6 Å². The first-order valence-corrected chi connectivity index (χ1v) is 8.98. The number of amides is 1. The quantitative estimate of drug-likeness (QED) is 0.661. The number of benzene rings is 2. The van der Waals surface area contributed by atoms with Gasteiger partial charge < -0.3 is 11.1 Å². The molecule has 1 fully saturated rings. The molecular formula is C20H23N5O. The van der Waals surface area contributed by atoms with Crippen molar-refractivity contribution in [3.8, 4) is 0 Å². The van der Waals surface area contributed by atoms with Crippen LogP contribution < -0.4 is 11.1 Å². The monoisotopic (exact) mass is 349 g/mol. The van der Waals surface area contributed by atoms with Crippen LogP contribution in [0.2, 0.25) is 0 Å². The van der Waals surface area contributed by atoms with Gasteiger partial charge in [0, 0.05) is 35.8 Å². The minimum atomic E-state index is -0.375. The third kappa shape index (κ3) is 3.70. The molecule has 6 nitrogen and oxygen atoms in total. The number of aromatic amines is 1. The van der Waals surface area contributed by atoms with Crippen molar-refractivity contribution in [3.63, 3.8) is 0 Å². The maximum atomic E-state index is 11.4. The summed E-state index contributed by atoms with van der Waals surface area (Å²) >= 11 is 0. The molecule has 1 aliphatic heterocycles. The highest BCUT2D eigenvalue weighted by Crippen LogP contribution is 2.21. The van der Waals surface area contributed by atoms with E-state index in [4.69, 9.17) is 5.73 Å². The molecule has 0 bridgehead atoms. The van der Waals surface area contributed by atoms with Gasteiger partial charge in [0.25, 0.3) is 0 Å². The first-order chi connectivity index (χ1) is 12.7. The molecule has 1 aliphatic rings. The first-order valence-electron chi connectivity index (χ1n) is 8.98. The molecule has 0 unspecified atom stereocenters. The van der Waals surface area contributed by atoms with Crippen molar-refractivity contribution in [2.24, 2.45) is 5.73 Å². The summed E-state index contributed by atoms with van der Waals surface area (Å²) in [6, 6.07) is 14.3. The van der Waals surface area contributed by atoms with E-state index in [9.17, 15) is 4.79 Å². The molecule has 0 aliphatic carbocycles. The molecule has 26 heavy (non-hydrogen) atoms. The molecule has 0 saturated carbocycles. The van der Waals surface area contributed by atoms with Gasteiger partial charge in [-0.3, -0.25) is 14.8 Å². The molecule has 0 radical (unpaired) electrons. The lowest BCUT2D eigenvalue weighted by Crippen LogP contribution is -2.41. The number of carbonyl (C=O) groups is 1. The zero-order valence-electron chi connectivity index (χ0n) is 14.6. The van der Waals surface area contributed by atoms with Crippen LogP contribution in [0.15, 0.2) is 48.7 Å². The fourth-order valence-corrected chi connectivity index (χ4v) is 3.67. The minimum Gasteiger partial charge on any atom is -0.381 e. The number of rotatable bonds is 5. The van der Waals surface area contributed by atoms with E-state index in [1.807, 2.05) is 18.3 Å². The number of carbonyl (C=O) groups excluding carboxylic acids is 1. The Balaban J connectivity index is 1.40. The van der Waals surface area contributed by atoms with Crippen LogP contribution in [0, 0.1) is 0 Å². The molecule has 1 amide bonds. The van der Waals surface area contributed by atoms with Gasteiger partial charge in [-0.05, 0) is 55.3 Å². The Bertz CT molecular complexity index is 919. The number of fused-ring (bicyclic) bond motifs is 1. The number of aromatic nitrogens is 2. The third-order valence-electron chi connectivity index (χ3n) is 4.93. The van der Waals surface area contributed by atoms with E-state index in [-0.39, 0.29) is 5.91 Å². The van der Waals surface area contributed by atoms with E-state index >= 15 is 0 Å². The number of nitrogens with zero attached hydrogens (tertiary/aromatic N) is 2. The Hall–Kier alpha value is -2.86. The van der Waals surface area contributed by atoms with Gasteiger partial charge in [-0.25, -0.2) is 0 Å². The molecule has 0 spiro atoms. The normalized spacial score (nSPS) is 18.1. The number of H-pyrrole nitrogens is 1. The van der Waals surface area contributed by atoms with Crippen LogP contribution in [0.25, 0.3) is 10.9 Å². The van der Waals surface area contributed by atoms with Crippen LogP contribution in [0.3, 0.4) is 0 Å². The highest BCUT2D eigenvalue weighted by Gasteiger charge is 2.20. The van der Waals surface area contributed by atoms with Gasteiger partial charge in [0.2, 0.25) is 5.91 Å². The van der Waals surface area contributed by atoms with Crippen LogP contribution in [0.5, 0.6) is 0 Å². The number of piperidine rings is 1. The fraction of sp³-hybridized carbons (Fsp3) is 0.300. The largest absolute Gasteiger partial charge is 0.381 e. The number of nitrogens with one attached hydrogen (secondary N) is 2. The molecule has 3 aromatic rings. The van der Waals surface area contributed by atoms with Crippen LogP contribution in [0.1, 0.15) is 28.8 Å². The Morgan fingerprint density at radius 1 is 1.31 bits per heavy atom. The highest BCUT2D eigenvalue weighted by atomic mass is 16.1. The topological polar surface area (TPSA) is 87.0 Å². The first kappa shape index (κ1) is 16.6. The lowest BCUT2D eigenvalue weighted by atomic mass is 10.0. The lowest BCUT2D eigenvalue weighted by Gasteiger charge is -2.33. The predicted molar refractivity (Wildman–Crippen MR) is 103 cm³/mol. The summed E-state index contributed by atoms with van der Waals surface area (Å²) < 4.78 is 0. The van der Waals surface area contributed by atoms with Crippen molar-refractivity contribution < 1.29 is 4.79 Å². The molecule has 2 heterocycles. The Kier molecular flexibility index (Phi) is 4.58. The average Bonchev–Trinajstić information content (AvgIpc) is 3.10. The zero-order chi connectivity index (χ0) is 17.9. The minimum absolute atomic E-state index is 0.375. The summed E-state index contributed by atoms with van der Waals surface area (Å²) in [4.78, 5) is 13.8. The van der Waals surface area contributed by atoms with E-state index in [2.05, 4.69) is 44.7 Å². The predicted octanol–water partition coefficient (Wildman–Crippen LogP) is 2.74. The average molecular weight is 349 g/mol. The van der Waals surface area contributed by atoms with Gasteiger partial charge in [-0.1, -0.05) is 12.1 Å². The number of anilines is 1. The Morgan fingerprint density at radius 3 is 3.12 bits per heavy atom. The molecule has 1 aromatic heterocycles. The van der Waals surface area contributed by atoms with E-state index < -0.39 is 0 Å². The van der Waals surface area contributed by atoms with Crippen molar-refractivity contribution in [2.45, 2.75) is 25.4 Å². The van der Waals surface area contributed by atoms with Gasteiger partial charge in [0.15, 0.2) is 0 Å². The molecule has 4 rings (SSSR count). The van der Waals surface area contributed by atoms with Crippen LogP contribution in [-0.2, 0) is 6.54 Å². The van der Waals surface area contributed by atoms with Crippen molar-refractivity contribution in [1.82, 2.24) is 15.1 Å². The number of nitrogens with two attached hydrogens (primary N) is 1. The summed E-state index contributed by atoms with van der Waals surface area (Å²) in [5.74, 6) is -0.375. The van der Waals surface area contributed by atoms with E-state index in [1.165, 1.54) is 0 Å². The van der Waals surface area contributed by atoms with Gasteiger partial charge in [-0.2, -0.15) is 5.10 Å². The SMILES string of the molecule is NC(=O)c1cccc(CN2CCC[C@H](Nc3ccc4[nH]ncc4c3)C2)c1. The van der Waals surface area contributed by atoms with Gasteiger partial charge in [0.1, 0.15) is 0 Å².